The van der Waals surface area contributed by atoms with Crippen LogP contribution in [0.15, 0.2) is 53.3 Å². The van der Waals surface area contributed by atoms with E-state index >= 15 is 0 Å². The van der Waals surface area contributed by atoms with Crippen molar-refractivity contribution in [2.75, 3.05) is 16.8 Å². The third kappa shape index (κ3) is 3.97. The largest absolute Gasteiger partial charge is 0.383 e. The molecule has 0 spiro atoms. The Morgan fingerprint density at radius 3 is 2.70 bits per heavy atom. The number of imide groups is 1. The van der Waals surface area contributed by atoms with Crippen molar-refractivity contribution in [3.8, 4) is 0 Å². The summed E-state index contributed by atoms with van der Waals surface area (Å²) in [4.78, 5) is 38.5. The number of anilines is 2. The molecule has 2 aliphatic rings. The summed E-state index contributed by atoms with van der Waals surface area (Å²) in [5, 5.41) is 12.6. The van der Waals surface area contributed by atoms with E-state index < -0.39 is 23.8 Å². The summed E-state index contributed by atoms with van der Waals surface area (Å²) in [6, 6.07) is 12.2. The maximum Gasteiger partial charge on any atom is 0.329 e. The summed E-state index contributed by atoms with van der Waals surface area (Å²) in [6.45, 7) is 0.741. The minimum Gasteiger partial charge on any atom is -0.383 e. The predicted molar refractivity (Wildman–Crippen MR) is 121 cm³/mol. The molecule has 33 heavy (non-hydrogen) atoms. The van der Waals surface area contributed by atoms with Crippen LogP contribution in [-0.2, 0) is 24.1 Å². The molecule has 1 atom stereocenters. The quantitative estimate of drug-likeness (QED) is 0.521. The van der Waals surface area contributed by atoms with Crippen LogP contribution in [0.5, 0.6) is 0 Å². The summed E-state index contributed by atoms with van der Waals surface area (Å²) in [5.74, 6) is -1.17. The van der Waals surface area contributed by atoms with E-state index in [4.69, 9.17) is 0 Å². The molecule has 3 heterocycles. The molecule has 1 saturated heterocycles. The van der Waals surface area contributed by atoms with Crippen molar-refractivity contribution in [1.29, 1.82) is 0 Å². The standard InChI is InChI=1S/C24H22FN5O3/c25-17-9-8-15(12-18-21-16(7-4-10-26-21)22(31)29-28-18)13-20(17)30-23(32)19(27-24(30)33)11-14-5-2-1-3-6-14/h1-3,5-6,8-9,13,19,26H,4,7,10-12H2,(H,27,33)(H,29,31). The number of hydrogen-bond donors (Lipinski definition) is 3. The number of rotatable bonds is 5. The van der Waals surface area contributed by atoms with E-state index in [0.29, 0.717) is 41.8 Å². The van der Waals surface area contributed by atoms with Crippen LogP contribution in [0.2, 0.25) is 0 Å². The van der Waals surface area contributed by atoms with E-state index in [2.05, 4.69) is 20.8 Å². The van der Waals surface area contributed by atoms with Crippen LogP contribution < -0.4 is 21.1 Å². The first kappa shape index (κ1) is 20.9. The van der Waals surface area contributed by atoms with Gasteiger partial charge in [0.05, 0.1) is 17.1 Å². The number of carbonyl (C=O) groups excluding carboxylic acids is 2. The van der Waals surface area contributed by atoms with E-state index in [9.17, 15) is 18.8 Å². The van der Waals surface area contributed by atoms with Crippen molar-refractivity contribution < 1.29 is 14.0 Å². The monoisotopic (exact) mass is 447 g/mol. The molecule has 8 nitrogen and oxygen atoms in total. The van der Waals surface area contributed by atoms with Gasteiger partial charge in [-0.3, -0.25) is 9.59 Å². The van der Waals surface area contributed by atoms with Crippen molar-refractivity contribution in [3.63, 3.8) is 0 Å². The van der Waals surface area contributed by atoms with E-state index in [-0.39, 0.29) is 11.2 Å². The Hall–Kier alpha value is -4.01. The molecule has 0 bridgehead atoms. The second-order valence-electron chi connectivity index (χ2n) is 8.21. The Kier molecular flexibility index (Phi) is 5.37. The van der Waals surface area contributed by atoms with Crippen LogP contribution in [0.4, 0.5) is 20.6 Å². The zero-order valence-corrected chi connectivity index (χ0v) is 17.7. The molecule has 0 radical (unpaired) electrons. The van der Waals surface area contributed by atoms with Crippen molar-refractivity contribution in [1.82, 2.24) is 15.5 Å². The van der Waals surface area contributed by atoms with Crippen molar-refractivity contribution in [3.05, 3.63) is 87.1 Å². The summed E-state index contributed by atoms with van der Waals surface area (Å²) in [5.41, 5.74) is 3.23. The molecule has 2 aliphatic heterocycles. The average Bonchev–Trinajstić information content (AvgIpc) is 3.10. The van der Waals surface area contributed by atoms with Crippen LogP contribution in [0, 0.1) is 5.82 Å². The number of carbonyl (C=O) groups is 2. The molecule has 1 unspecified atom stereocenters. The lowest BCUT2D eigenvalue weighted by Crippen LogP contribution is -2.33. The van der Waals surface area contributed by atoms with Gasteiger partial charge < -0.3 is 10.6 Å². The zero-order valence-electron chi connectivity index (χ0n) is 17.7. The number of H-pyrrole nitrogens is 1. The number of nitrogens with one attached hydrogen (secondary N) is 3. The number of nitrogens with zero attached hydrogens (tertiary/aromatic N) is 2. The van der Waals surface area contributed by atoms with Crippen LogP contribution in [0.1, 0.15) is 28.8 Å². The van der Waals surface area contributed by atoms with Gasteiger partial charge in [0.25, 0.3) is 11.5 Å². The number of hydrogen-bond acceptors (Lipinski definition) is 5. The highest BCUT2D eigenvalue weighted by atomic mass is 19.1. The van der Waals surface area contributed by atoms with E-state index in [0.717, 1.165) is 23.4 Å². The maximum absolute atomic E-state index is 14.7. The van der Waals surface area contributed by atoms with Crippen molar-refractivity contribution >= 4 is 23.3 Å². The highest BCUT2D eigenvalue weighted by Gasteiger charge is 2.40. The highest BCUT2D eigenvalue weighted by Crippen LogP contribution is 2.28. The second kappa shape index (κ2) is 8.50. The van der Waals surface area contributed by atoms with Crippen molar-refractivity contribution in [2.45, 2.75) is 31.7 Å². The number of amides is 3. The van der Waals surface area contributed by atoms with Gasteiger partial charge in [0, 0.05) is 24.9 Å². The van der Waals surface area contributed by atoms with Crippen LogP contribution in [-0.4, -0.2) is 34.7 Å². The summed E-state index contributed by atoms with van der Waals surface area (Å²) in [7, 11) is 0. The van der Waals surface area contributed by atoms with Gasteiger partial charge in [-0.15, -0.1) is 0 Å². The van der Waals surface area contributed by atoms with Crippen LogP contribution in [0.3, 0.4) is 0 Å². The Morgan fingerprint density at radius 2 is 1.88 bits per heavy atom. The summed E-state index contributed by atoms with van der Waals surface area (Å²) in [6.07, 6.45) is 2.14. The zero-order chi connectivity index (χ0) is 22.9. The van der Waals surface area contributed by atoms with Gasteiger partial charge in [0.15, 0.2) is 0 Å². The van der Waals surface area contributed by atoms with Gasteiger partial charge in [0.2, 0.25) is 0 Å². The Balaban J connectivity index is 1.42. The van der Waals surface area contributed by atoms with E-state index in [1.165, 1.54) is 12.1 Å². The average molecular weight is 447 g/mol. The number of aromatic amines is 1. The van der Waals surface area contributed by atoms with Gasteiger partial charge in [-0.2, -0.15) is 5.10 Å². The minimum atomic E-state index is -0.764. The molecule has 5 rings (SSSR count). The number of urea groups is 1. The van der Waals surface area contributed by atoms with Gasteiger partial charge in [-0.05, 0) is 36.1 Å². The number of fused-ring (bicyclic) bond motifs is 1. The normalized spacial score (nSPS) is 17.5. The first-order valence-corrected chi connectivity index (χ1v) is 10.8. The summed E-state index contributed by atoms with van der Waals surface area (Å²) >= 11 is 0. The second-order valence-corrected chi connectivity index (χ2v) is 8.21. The van der Waals surface area contributed by atoms with Gasteiger partial charge in [-0.1, -0.05) is 36.4 Å². The number of halogens is 1. The fraction of sp³-hybridized carbons (Fsp3) is 0.250. The maximum atomic E-state index is 14.7. The molecule has 3 aromatic rings. The number of aromatic nitrogens is 2. The molecular weight excluding hydrogens is 425 g/mol. The first-order chi connectivity index (χ1) is 16.0. The minimum absolute atomic E-state index is 0.100. The Morgan fingerprint density at radius 1 is 1.06 bits per heavy atom. The molecule has 0 saturated carbocycles. The molecule has 1 aromatic heterocycles. The molecule has 9 heteroatoms. The Bertz CT molecular complexity index is 1290. The Labute approximate surface area is 188 Å². The smallest absolute Gasteiger partial charge is 0.329 e. The molecule has 2 aromatic carbocycles. The van der Waals surface area contributed by atoms with E-state index in [1.54, 1.807) is 6.07 Å². The topological polar surface area (TPSA) is 107 Å². The fourth-order valence-electron chi connectivity index (χ4n) is 4.36. The lowest BCUT2D eigenvalue weighted by molar-refractivity contribution is -0.118. The van der Waals surface area contributed by atoms with Gasteiger partial charge in [0.1, 0.15) is 11.9 Å². The van der Waals surface area contributed by atoms with Crippen molar-refractivity contribution in [2.24, 2.45) is 0 Å². The number of benzene rings is 2. The molecule has 3 N–H and O–H groups in total. The SMILES string of the molecule is O=C1NC(Cc2ccccc2)C(=O)N1c1cc(Cc2n[nH]c(=O)c3c2NCCC3)ccc1F. The molecule has 1 fully saturated rings. The third-order valence-electron chi connectivity index (χ3n) is 5.99. The summed E-state index contributed by atoms with van der Waals surface area (Å²) < 4.78 is 14.7. The third-order valence-corrected chi connectivity index (χ3v) is 5.99. The van der Waals surface area contributed by atoms with Gasteiger partial charge in [-0.25, -0.2) is 19.2 Å². The predicted octanol–water partition coefficient (Wildman–Crippen LogP) is 2.53. The molecule has 0 aliphatic carbocycles. The van der Waals surface area contributed by atoms with Crippen LogP contribution in [0.25, 0.3) is 0 Å². The molecule has 3 amide bonds. The lowest BCUT2D eigenvalue weighted by Gasteiger charge is -2.20. The first-order valence-electron chi connectivity index (χ1n) is 10.8. The van der Waals surface area contributed by atoms with E-state index in [1.807, 2.05) is 30.3 Å². The van der Waals surface area contributed by atoms with Gasteiger partial charge >= 0.3 is 6.03 Å². The molecular formula is C24H22FN5O3. The fourth-order valence-corrected chi connectivity index (χ4v) is 4.36. The van der Waals surface area contributed by atoms with Crippen LogP contribution >= 0.6 is 0 Å². The highest BCUT2D eigenvalue weighted by molar-refractivity contribution is 6.21. The lowest BCUT2D eigenvalue weighted by atomic mass is 10.0. The molecule has 168 valence electrons.